The fraction of sp³-hybridized carbons (Fsp3) is 0.333. The molecule has 0 unspecified atom stereocenters. The van der Waals surface area contributed by atoms with Crippen LogP contribution >= 0.6 is 0 Å². The van der Waals surface area contributed by atoms with Crippen LogP contribution in [0.5, 0.6) is 5.75 Å². The number of ether oxygens (including phenoxy) is 1. The van der Waals surface area contributed by atoms with E-state index in [2.05, 4.69) is 42.3 Å². The molecule has 2 atom stereocenters. The van der Waals surface area contributed by atoms with E-state index >= 15 is 0 Å². The predicted octanol–water partition coefficient (Wildman–Crippen LogP) is 3.55. The maximum Gasteiger partial charge on any atom is 0.119 e. The molecule has 1 aliphatic rings. The van der Waals surface area contributed by atoms with Gasteiger partial charge in [-0.05, 0) is 31.2 Å². The van der Waals surface area contributed by atoms with Crippen LogP contribution in [0, 0.1) is 0 Å². The summed E-state index contributed by atoms with van der Waals surface area (Å²) in [6.07, 6.45) is 1.33. The van der Waals surface area contributed by atoms with Crippen molar-refractivity contribution in [2.45, 2.75) is 18.4 Å². The second kappa shape index (κ2) is 6.10. The fourth-order valence-electron chi connectivity index (χ4n) is 2.93. The summed E-state index contributed by atoms with van der Waals surface area (Å²) < 4.78 is 6.24. The molecule has 1 aliphatic heterocycles. The molecule has 0 N–H and O–H groups in total. The average Bonchev–Trinajstić information content (AvgIpc) is 2.51. The molecule has 2 aromatic rings. The molecule has 1 heterocycles. The van der Waals surface area contributed by atoms with Gasteiger partial charge < -0.3 is 9.64 Å². The van der Waals surface area contributed by atoms with E-state index in [1.807, 2.05) is 30.3 Å². The molecule has 104 valence electrons. The molecule has 2 heteroatoms. The zero-order valence-electron chi connectivity index (χ0n) is 11.9. The van der Waals surface area contributed by atoms with Crippen LogP contribution in [-0.4, -0.2) is 31.1 Å². The van der Waals surface area contributed by atoms with E-state index in [0.717, 1.165) is 25.3 Å². The Morgan fingerprint density at radius 3 is 2.30 bits per heavy atom. The topological polar surface area (TPSA) is 12.5 Å². The van der Waals surface area contributed by atoms with E-state index in [-0.39, 0.29) is 6.10 Å². The summed E-state index contributed by atoms with van der Waals surface area (Å²) in [4.78, 5) is 2.39. The SMILES string of the molecule is CN1CC[C@@H](Oc2ccccc2)[C@H](c2ccccc2)C1. The van der Waals surface area contributed by atoms with Crippen molar-refractivity contribution in [3.8, 4) is 5.75 Å². The van der Waals surface area contributed by atoms with E-state index in [1.165, 1.54) is 5.56 Å². The standard InChI is InChI=1S/C18H21NO/c1-19-13-12-18(20-16-10-6-3-7-11-16)17(14-19)15-8-4-2-5-9-15/h2-11,17-18H,12-14H2,1H3/t17-,18+/m0/s1. The minimum atomic E-state index is 0.260. The van der Waals surface area contributed by atoms with Crippen LogP contribution in [0.15, 0.2) is 60.7 Å². The van der Waals surface area contributed by atoms with Crippen molar-refractivity contribution >= 4 is 0 Å². The lowest BCUT2D eigenvalue weighted by molar-refractivity contribution is 0.0902. The van der Waals surface area contributed by atoms with Gasteiger partial charge >= 0.3 is 0 Å². The number of nitrogens with zero attached hydrogens (tertiary/aromatic N) is 1. The lowest BCUT2D eigenvalue weighted by Crippen LogP contribution is -2.42. The summed E-state index contributed by atoms with van der Waals surface area (Å²) in [5.41, 5.74) is 1.37. The van der Waals surface area contributed by atoms with Crippen LogP contribution < -0.4 is 4.74 Å². The maximum absolute atomic E-state index is 6.24. The monoisotopic (exact) mass is 267 g/mol. The van der Waals surface area contributed by atoms with Gasteiger partial charge in [-0.2, -0.15) is 0 Å². The third kappa shape index (κ3) is 3.02. The number of likely N-dealkylation sites (tertiary alicyclic amines) is 1. The molecule has 3 rings (SSSR count). The molecule has 1 saturated heterocycles. The van der Waals surface area contributed by atoms with Gasteiger partial charge in [0.15, 0.2) is 0 Å². The minimum absolute atomic E-state index is 0.260. The summed E-state index contributed by atoms with van der Waals surface area (Å²) in [5.74, 6) is 1.41. The molecule has 0 spiro atoms. The van der Waals surface area contributed by atoms with Crippen LogP contribution in [0.4, 0.5) is 0 Å². The Hall–Kier alpha value is -1.80. The molecule has 0 amide bonds. The van der Waals surface area contributed by atoms with Gasteiger partial charge in [0.1, 0.15) is 11.9 Å². The quantitative estimate of drug-likeness (QED) is 0.843. The molecule has 1 fully saturated rings. The number of piperidine rings is 1. The molecule has 20 heavy (non-hydrogen) atoms. The van der Waals surface area contributed by atoms with Crippen molar-refractivity contribution in [1.29, 1.82) is 0 Å². The van der Waals surface area contributed by atoms with Gasteiger partial charge in [0.25, 0.3) is 0 Å². The second-order valence-corrected chi connectivity index (χ2v) is 5.54. The van der Waals surface area contributed by atoms with Crippen molar-refractivity contribution in [2.75, 3.05) is 20.1 Å². The lowest BCUT2D eigenvalue weighted by atomic mass is 9.88. The Morgan fingerprint density at radius 2 is 1.60 bits per heavy atom. The van der Waals surface area contributed by atoms with Gasteiger partial charge in [-0.25, -0.2) is 0 Å². The average molecular weight is 267 g/mol. The number of benzene rings is 2. The molecular formula is C18H21NO. The number of likely N-dealkylation sites (N-methyl/N-ethyl adjacent to an activating group) is 1. The second-order valence-electron chi connectivity index (χ2n) is 5.54. The third-order valence-electron chi connectivity index (χ3n) is 4.01. The zero-order valence-corrected chi connectivity index (χ0v) is 11.9. The first-order valence-corrected chi connectivity index (χ1v) is 7.28. The Labute approximate surface area is 121 Å². The summed E-state index contributed by atoms with van der Waals surface area (Å²) in [6.45, 7) is 2.16. The van der Waals surface area contributed by atoms with Crippen LogP contribution in [0.25, 0.3) is 0 Å². The van der Waals surface area contributed by atoms with Crippen molar-refractivity contribution in [3.63, 3.8) is 0 Å². The smallest absolute Gasteiger partial charge is 0.119 e. The molecule has 0 radical (unpaired) electrons. The molecule has 0 aromatic heterocycles. The normalized spacial score (nSPS) is 23.4. The van der Waals surface area contributed by atoms with Gasteiger partial charge in [-0.3, -0.25) is 0 Å². The summed E-state index contributed by atoms with van der Waals surface area (Å²) >= 11 is 0. The third-order valence-corrected chi connectivity index (χ3v) is 4.01. The number of para-hydroxylation sites is 1. The molecule has 2 aromatic carbocycles. The minimum Gasteiger partial charge on any atom is -0.490 e. The van der Waals surface area contributed by atoms with Crippen LogP contribution in [-0.2, 0) is 0 Å². The molecular weight excluding hydrogens is 246 g/mol. The van der Waals surface area contributed by atoms with Gasteiger partial charge in [0.2, 0.25) is 0 Å². The summed E-state index contributed by atoms with van der Waals surface area (Å²) in [6, 6.07) is 20.9. The largest absolute Gasteiger partial charge is 0.490 e. The number of rotatable bonds is 3. The van der Waals surface area contributed by atoms with Crippen LogP contribution in [0.2, 0.25) is 0 Å². The molecule has 0 aliphatic carbocycles. The summed E-state index contributed by atoms with van der Waals surface area (Å²) in [7, 11) is 2.19. The van der Waals surface area contributed by atoms with Crippen molar-refractivity contribution in [3.05, 3.63) is 66.2 Å². The van der Waals surface area contributed by atoms with Crippen molar-refractivity contribution in [2.24, 2.45) is 0 Å². The van der Waals surface area contributed by atoms with Crippen LogP contribution in [0.1, 0.15) is 17.9 Å². The Kier molecular flexibility index (Phi) is 4.03. The predicted molar refractivity (Wildman–Crippen MR) is 82.2 cm³/mol. The Morgan fingerprint density at radius 1 is 0.950 bits per heavy atom. The van der Waals surface area contributed by atoms with Gasteiger partial charge in [-0.15, -0.1) is 0 Å². The summed E-state index contributed by atoms with van der Waals surface area (Å²) in [5, 5.41) is 0. The molecule has 0 bridgehead atoms. The maximum atomic E-state index is 6.24. The first kappa shape index (κ1) is 13.2. The van der Waals surface area contributed by atoms with Crippen molar-refractivity contribution < 1.29 is 4.74 Å². The first-order chi connectivity index (χ1) is 9.83. The van der Waals surface area contributed by atoms with E-state index in [1.54, 1.807) is 0 Å². The van der Waals surface area contributed by atoms with E-state index in [4.69, 9.17) is 4.74 Å². The highest BCUT2D eigenvalue weighted by Gasteiger charge is 2.30. The highest BCUT2D eigenvalue weighted by Crippen LogP contribution is 2.30. The number of hydrogen-bond acceptors (Lipinski definition) is 2. The Balaban J connectivity index is 1.80. The van der Waals surface area contributed by atoms with E-state index in [0.29, 0.717) is 5.92 Å². The van der Waals surface area contributed by atoms with Gasteiger partial charge in [0.05, 0.1) is 0 Å². The van der Waals surface area contributed by atoms with Crippen LogP contribution in [0.3, 0.4) is 0 Å². The zero-order chi connectivity index (χ0) is 13.8. The highest BCUT2D eigenvalue weighted by atomic mass is 16.5. The van der Waals surface area contributed by atoms with Gasteiger partial charge in [0, 0.05) is 19.0 Å². The van der Waals surface area contributed by atoms with Gasteiger partial charge in [-0.1, -0.05) is 48.5 Å². The molecule has 2 nitrogen and oxygen atoms in total. The van der Waals surface area contributed by atoms with E-state index < -0.39 is 0 Å². The Bertz CT molecular complexity index is 526. The van der Waals surface area contributed by atoms with Crippen molar-refractivity contribution in [1.82, 2.24) is 4.90 Å². The first-order valence-electron chi connectivity index (χ1n) is 7.28. The number of hydrogen-bond donors (Lipinski definition) is 0. The lowest BCUT2D eigenvalue weighted by Gasteiger charge is -2.37. The molecule has 0 saturated carbocycles. The highest BCUT2D eigenvalue weighted by molar-refractivity contribution is 5.25. The fourth-order valence-corrected chi connectivity index (χ4v) is 2.93. The van der Waals surface area contributed by atoms with E-state index in [9.17, 15) is 0 Å².